The number of rotatable bonds is 5. The molecule has 172 valence electrons. The molecule has 0 bridgehead atoms. The van der Waals surface area contributed by atoms with E-state index in [1.54, 1.807) is 26.1 Å². The van der Waals surface area contributed by atoms with Crippen LogP contribution in [0.4, 0.5) is 16.0 Å². The van der Waals surface area contributed by atoms with Gasteiger partial charge in [-0.3, -0.25) is 9.89 Å². The Hall–Kier alpha value is -4.39. The van der Waals surface area contributed by atoms with E-state index < -0.39 is 17.4 Å². The quantitative estimate of drug-likeness (QED) is 0.339. The lowest BCUT2D eigenvalue weighted by Crippen LogP contribution is -2.28. The highest BCUT2D eigenvalue weighted by molar-refractivity contribution is 6.35. The lowest BCUT2D eigenvalue weighted by atomic mass is 10.2. The van der Waals surface area contributed by atoms with Crippen LogP contribution < -0.4 is 16.6 Å². The average molecular weight is 483 g/mol. The predicted octanol–water partition coefficient (Wildman–Crippen LogP) is 2.81. The molecule has 0 aliphatic heterocycles. The Balaban J connectivity index is 1.68. The first-order valence-electron chi connectivity index (χ1n) is 9.93. The maximum Gasteiger partial charge on any atom is 0.267 e. The third-order valence-corrected chi connectivity index (χ3v) is 5.28. The van der Waals surface area contributed by atoms with Crippen LogP contribution in [0.3, 0.4) is 0 Å². The summed E-state index contributed by atoms with van der Waals surface area (Å²) in [5, 5.41) is 17.8. The van der Waals surface area contributed by atoms with Gasteiger partial charge in [0.25, 0.3) is 11.4 Å². The molecule has 0 aliphatic rings. The molecule has 12 nitrogen and oxygen atoms in total. The molecule has 34 heavy (non-hydrogen) atoms. The van der Waals surface area contributed by atoms with E-state index >= 15 is 0 Å². The van der Waals surface area contributed by atoms with Gasteiger partial charge in [0.2, 0.25) is 5.89 Å². The van der Waals surface area contributed by atoms with Gasteiger partial charge in [0.05, 0.1) is 22.0 Å². The topological polar surface area (TPSA) is 166 Å². The largest absolute Gasteiger partial charge is 0.421 e. The molecule has 0 radical (unpaired) electrons. The van der Waals surface area contributed by atoms with Crippen molar-refractivity contribution < 1.29 is 8.81 Å². The number of fused-ring (bicyclic) bond motifs is 1. The standard InChI is InChI=1S/C20H16ClFN10O2/c1-8(27-17-14(16(23)24-7-25-17)19-31-29-9(2)34-19)18-28-15-11(5-10(22)6-12(15)21)20(33)32(18)13-3-4-26-30-13/h3-8H,1-2H3,(H,26,30)(H3,23,24,25,27). The number of hydrogen-bond acceptors (Lipinski definition) is 10. The molecular formula is C20H16ClFN10O2. The number of nitrogen functional groups attached to an aromatic ring is 1. The number of aromatic amines is 1. The molecule has 1 aromatic carbocycles. The summed E-state index contributed by atoms with van der Waals surface area (Å²) in [5.74, 6) is 0.698. The van der Waals surface area contributed by atoms with Gasteiger partial charge in [0.15, 0.2) is 5.82 Å². The number of benzene rings is 1. The van der Waals surface area contributed by atoms with Crippen molar-refractivity contribution >= 4 is 34.1 Å². The highest BCUT2D eigenvalue weighted by Crippen LogP contribution is 2.32. The van der Waals surface area contributed by atoms with Crippen LogP contribution in [-0.4, -0.2) is 39.9 Å². The normalized spacial score (nSPS) is 12.2. The van der Waals surface area contributed by atoms with E-state index in [-0.39, 0.29) is 45.1 Å². The van der Waals surface area contributed by atoms with Crippen molar-refractivity contribution in [2.45, 2.75) is 19.9 Å². The highest BCUT2D eigenvalue weighted by atomic mass is 35.5. The summed E-state index contributed by atoms with van der Waals surface area (Å²) in [6.45, 7) is 3.38. The Morgan fingerprint density at radius 3 is 2.82 bits per heavy atom. The van der Waals surface area contributed by atoms with Crippen molar-refractivity contribution in [1.29, 1.82) is 0 Å². The number of halogens is 2. The zero-order valence-corrected chi connectivity index (χ0v) is 18.5. The van der Waals surface area contributed by atoms with Gasteiger partial charge in [-0.05, 0) is 19.1 Å². The van der Waals surface area contributed by atoms with E-state index in [1.807, 2.05) is 0 Å². The van der Waals surface area contributed by atoms with Gasteiger partial charge in [-0.25, -0.2) is 23.9 Å². The molecule has 5 aromatic rings. The fourth-order valence-corrected chi connectivity index (χ4v) is 3.76. The maximum atomic E-state index is 14.0. The van der Waals surface area contributed by atoms with Gasteiger partial charge < -0.3 is 15.5 Å². The maximum absolute atomic E-state index is 14.0. The van der Waals surface area contributed by atoms with Crippen molar-refractivity contribution in [2.75, 3.05) is 11.1 Å². The Morgan fingerprint density at radius 2 is 2.12 bits per heavy atom. The molecule has 4 N–H and O–H groups in total. The Bertz CT molecular complexity index is 1580. The minimum absolute atomic E-state index is 0.00281. The minimum atomic E-state index is -0.653. The van der Waals surface area contributed by atoms with Gasteiger partial charge in [-0.15, -0.1) is 10.2 Å². The Kier molecular flexibility index (Phi) is 5.17. The number of aryl methyl sites for hydroxylation is 1. The summed E-state index contributed by atoms with van der Waals surface area (Å²) in [5.41, 5.74) is 5.96. The summed E-state index contributed by atoms with van der Waals surface area (Å²) >= 11 is 6.22. The van der Waals surface area contributed by atoms with Crippen molar-refractivity contribution in [1.82, 2.24) is 39.9 Å². The first kappa shape index (κ1) is 21.5. The van der Waals surface area contributed by atoms with Crippen molar-refractivity contribution in [3.05, 3.63) is 63.6 Å². The number of H-pyrrole nitrogens is 1. The van der Waals surface area contributed by atoms with Gasteiger partial charge >= 0.3 is 0 Å². The summed E-state index contributed by atoms with van der Waals surface area (Å²) in [4.78, 5) is 26.2. The minimum Gasteiger partial charge on any atom is -0.421 e. The summed E-state index contributed by atoms with van der Waals surface area (Å²) in [6.07, 6.45) is 2.82. The molecule has 1 unspecified atom stereocenters. The lowest BCUT2D eigenvalue weighted by Gasteiger charge is -2.20. The second kappa shape index (κ2) is 8.19. The van der Waals surface area contributed by atoms with Crippen LogP contribution in [0.5, 0.6) is 0 Å². The molecule has 0 fully saturated rings. The predicted molar refractivity (Wildman–Crippen MR) is 121 cm³/mol. The monoisotopic (exact) mass is 482 g/mol. The molecule has 1 atom stereocenters. The first-order valence-corrected chi connectivity index (χ1v) is 10.3. The third kappa shape index (κ3) is 3.61. The molecular weight excluding hydrogens is 467 g/mol. The average Bonchev–Trinajstić information content (AvgIpc) is 3.46. The summed E-state index contributed by atoms with van der Waals surface area (Å²) in [6, 6.07) is 3.12. The zero-order valence-electron chi connectivity index (χ0n) is 17.7. The molecule has 5 rings (SSSR count). The second-order valence-electron chi connectivity index (χ2n) is 7.30. The van der Waals surface area contributed by atoms with E-state index in [4.69, 9.17) is 21.8 Å². The molecule has 0 spiro atoms. The molecule has 0 saturated carbocycles. The zero-order chi connectivity index (χ0) is 24.0. The number of nitrogens with one attached hydrogen (secondary N) is 2. The third-order valence-electron chi connectivity index (χ3n) is 4.99. The van der Waals surface area contributed by atoms with Crippen molar-refractivity contribution in [3.63, 3.8) is 0 Å². The van der Waals surface area contributed by atoms with Crippen LogP contribution in [0.25, 0.3) is 28.2 Å². The Labute approximate surface area is 195 Å². The van der Waals surface area contributed by atoms with E-state index in [0.29, 0.717) is 11.5 Å². The number of anilines is 2. The molecule has 4 heterocycles. The van der Waals surface area contributed by atoms with E-state index in [1.165, 1.54) is 10.9 Å². The second-order valence-corrected chi connectivity index (χ2v) is 7.71. The van der Waals surface area contributed by atoms with Crippen LogP contribution in [0.15, 0.2) is 39.9 Å². The first-order chi connectivity index (χ1) is 16.3. The fraction of sp³-hybridized carbons (Fsp3) is 0.150. The van der Waals surface area contributed by atoms with E-state index in [0.717, 1.165) is 12.1 Å². The smallest absolute Gasteiger partial charge is 0.267 e. The van der Waals surface area contributed by atoms with Crippen LogP contribution in [0, 0.1) is 12.7 Å². The van der Waals surface area contributed by atoms with Crippen LogP contribution in [0.1, 0.15) is 24.7 Å². The van der Waals surface area contributed by atoms with E-state index in [2.05, 4.69) is 40.7 Å². The highest BCUT2D eigenvalue weighted by Gasteiger charge is 2.24. The Morgan fingerprint density at radius 1 is 1.29 bits per heavy atom. The summed E-state index contributed by atoms with van der Waals surface area (Å²) < 4.78 is 20.8. The molecule has 0 saturated heterocycles. The van der Waals surface area contributed by atoms with Crippen LogP contribution in [0.2, 0.25) is 5.02 Å². The van der Waals surface area contributed by atoms with Crippen LogP contribution in [-0.2, 0) is 0 Å². The van der Waals surface area contributed by atoms with Gasteiger partial charge in [-0.2, -0.15) is 5.10 Å². The number of nitrogens with two attached hydrogens (primary N) is 1. The fourth-order valence-electron chi connectivity index (χ4n) is 3.51. The van der Waals surface area contributed by atoms with Crippen molar-refractivity contribution in [3.8, 4) is 17.3 Å². The van der Waals surface area contributed by atoms with Gasteiger partial charge in [0, 0.05) is 19.2 Å². The van der Waals surface area contributed by atoms with E-state index in [9.17, 15) is 9.18 Å². The van der Waals surface area contributed by atoms with Gasteiger partial charge in [-0.1, -0.05) is 11.6 Å². The van der Waals surface area contributed by atoms with Crippen molar-refractivity contribution in [2.24, 2.45) is 0 Å². The summed E-state index contributed by atoms with van der Waals surface area (Å²) in [7, 11) is 0. The molecule has 14 heteroatoms. The molecule has 4 aromatic heterocycles. The SMILES string of the molecule is Cc1nnc(-c2c(N)ncnc2NC(C)c2nc3c(Cl)cc(F)cc3c(=O)n2-c2cc[nH]n2)o1. The van der Waals surface area contributed by atoms with Crippen LogP contribution >= 0.6 is 11.6 Å². The lowest BCUT2D eigenvalue weighted by molar-refractivity contribution is 0.532. The molecule has 0 aliphatic carbocycles. The number of aromatic nitrogens is 8. The molecule has 0 amide bonds. The number of nitrogens with zero attached hydrogens (tertiary/aromatic N) is 7. The number of hydrogen-bond donors (Lipinski definition) is 3. The van der Waals surface area contributed by atoms with Gasteiger partial charge in [0.1, 0.15) is 35.2 Å².